The van der Waals surface area contributed by atoms with E-state index in [1.165, 1.54) is 0 Å². The first-order valence-electron chi connectivity index (χ1n) is 10.2. The van der Waals surface area contributed by atoms with E-state index in [0.29, 0.717) is 48.9 Å². The molecule has 0 amide bonds. The molecule has 0 aliphatic carbocycles. The van der Waals surface area contributed by atoms with E-state index in [1.807, 2.05) is 37.3 Å². The van der Waals surface area contributed by atoms with E-state index in [1.54, 1.807) is 12.1 Å². The highest BCUT2D eigenvalue weighted by atomic mass is 127. The fourth-order valence-corrected chi connectivity index (χ4v) is 3.15. The number of hydrogen-bond donors (Lipinski definition) is 2. The molecule has 2 heterocycles. The number of aromatic nitrogens is 2. The van der Waals surface area contributed by atoms with Gasteiger partial charge in [0.25, 0.3) is 0 Å². The van der Waals surface area contributed by atoms with E-state index in [4.69, 9.17) is 25.6 Å². The van der Waals surface area contributed by atoms with Gasteiger partial charge in [-0.05, 0) is 43.3 Å². The molecule has 0 spiro atoms. The maximum atomic E-state index is 5.92. The standard InChI is InChI=1S/C22H24ClN5O3.HI/c1-2-24-22(26-17-8-9-18-19(14-17)30-13-3-12-29-18)25-11-10-20-27-21(28-31-20)15-4-6-16(23)7-5-15;/h4-9,14H,2-3,10-13H2,1H3,(H2,24,25,26);1H. The summed E-state index contributed by atoms with van der Waals surface area (Å²) in [7, 11) is 0. The number of halogens is 2. The Kier molecular flexibility index (Phi) is 8.98. The summed E-state index contributed by atoms with van der Waals surface area (Å²) in [5, 5.41) is 11.2. The predicted octanol–water partition coefficient (Wildman–Crippen LogP) is 4.79. The normalized spacial score (nSPS) is 13.1. The number of nitrogens with one attached hydrogen (secondary N) is 2. The first-order chi connectivity index (χ1) is 15.2. The maximum absolute atomic E-state index is 5.92. The molecular formula is C22H25ClIN5O3. The van der Waals surface area contributed by atoms with Crippen LogP contribution in [-0.2, 0) is 6.42 Å². The van der Waals surface area contributed by atoms with Gasteiger partial charge in [0, 0.05) is 41.7 Å². The molecule has 0 atom stereocenters. The van der Waals surface area contributed by atoms with Crippen LogP contribution in [0.15, 0.2) is 52.0 Å². The number of hydrogen-bond acceptors (Lipinski definition) is 6. The third-order valence-corrected chi connectivity index (χ3v) is 4.77. The van der Waals surface area contributed by atoms with Crippen LogP contribution in [0.5, 0.6) is 11.5 Å². The van der Waals surface area contributed by atoms with E-state index in [0.717, 1.165) is 35.7 Å². The van der Waals surface area contributed by atoms with Crippen LogP contribution in [0.2, 0.25) is 5.02 Å². The molecule has 32 heavy (non-hydrogen) atoms. The minimum Gasteiger partial charge on any atom is -0.490 e. The third-order valence-electron chi connectivity index (χ3n) is 4.52. The first kappa shape index (κ1) is 24.1. The highest BCUT2D eigenvalue weighted by Gasteiger charge is 2.12. The Balaban J connectivity index is 0.00000289. The van der Waals surface area contributed by atoms with Crippen LogP contribution in [0.4, 0.5) is 5.69 Å². The highest BCUT2D eigenvalue weighted by Crippen LogP contribution is 2.32. The lowest BCUT2D eigenvalue weighted by atomic mass is 10.2. The molecule has 2 aromatic carbocycles. The van der Waals surface area contributed by atoms with Crippen LogP contribution in [-0.4, -0.2) is 42.4 Å². The molecule has 8 nitrogen and oxygen atoms in total. The Morgan fingerprint density at radius 2 is 1.88 bits per heavy atom. The lowest BCUT2D eigenvalue weighted by Crippen LogP contribution is -2.30. The lowest BCUT2D eigenvalue weighted by molar-refractivity contribution is 0.297. The quantitative estimate of drug-likeness (QED) is 0.250. The Morgan fingerprint density at radius 1 is 1.09 bits per heavy atom. The van der Waals surface area contributed by atoms with Gasteiger partial charge in [0.15, 0.2) is 17.5 Å². The fourth-order valence-electron chi connectivity index (χ4n) is 3.02. The van der Waals surface area contributed by atoms with Crippen molar-refractivity contribution in [1.82, 2.24) is 15.5 Å². The Labute approximate surface area is 208 Å². The number of guanidine groups is 1. The molecule has 1 aliphatic rings. The topological polar surface area (TPSA) is 93.8 Å². The zero-order valence-electron chi connectivity index (χ0n) is 17.6. The van der Waals surface area contributed by atoms with Crippen molar-refractivity contribution in [2.75, 3.05) is 31.6 Å². The first-order valence-corrected chi connectivity index (χ1v) is 10.6. The van der Waals surface area contributed by atoms with Gasteiger partial charge in [-0.1, -0.05) is 16.8 Å². The molecule has 3 aromatic rings. The molecule has 4 rings (SSSR count). The predicted molar refractivity (Wildman–Crippen MR) is 136 cm³/mol. The van der Waals surface area contributed by atoms with Crippen molar-refractivity contribution in [3.63, 3.8) is 0 Å². The Morgan fingerprint density at radius 3 is 2.66 bits per heavy atom. The summed E-state index contributed by atoms with van der Waals surface area (Å²) in [4.78, 5) is 9.04. The Bertz CT molecular complexity index is 1040. The van der Waals surface area contributed by atoms with Crippen molar-refractivity contribution in [2.45, 2.75) is 19.8 Å². The molecule has 0 unspecified atom stereocenters. The third kappa shape index (κ3) is 6.49. The summed E-state index contributed by atoms with van der Waals surface area (Å²) in [5.74, 6) is 3.22. The number of anilines is 1. The largest absolute Gasteiger partial charge is 0.490 e. The van der Waals surface area contributed by atoms with Gasteiger partial charge >= 0.3 is 0 Å². The van der Waals surface area contributed by atoms with Gasteiger partial charge in [-0.2, -0.15) is 4.98 Å². The van der Waals surface area contributed by atoms with Crippen LogP contribution < -0.4 is 20.1 Å². The van der Waals surface area contributed by atoms with Gasteiger partial charge in [0.1, 0.15) is 0 Å². The molecule has 1 aliphatic heterocycles. The van der Waals surface area contributed by atoms with Crippen molar-refractivity contribution in [1.29, 1.82) is 0 Å². The van der Waals surface area contributed by atoms with Crippen LogP contribution >= 0.6 is 35.6 Å². The van der Waals surface area contributed by atoms with E-state index in [2.05, 4.69) is 25.8 Å². The molecule has 0 saturated heterocycles. The zero-order valence-corrected chi connectivity index (χ0v) is 20.7. The maximum Gasteiger partial charge on any atom is 0.228 e. The van der Waals surface area contributed by atoms with Gasteiger partial charge in [-0.3, -0.25) is 4.99 Å². The van der Waals surface area contributed by atoms with Crippen LogP contribution in [0, 0.1) is 0 Å². The SMILES string of the molecule is CCNC(=NCCc1nc(-c2ccc(Cl)cc2)no1)Nc1ccc2c(c1)OCCCO2.I. The summed E-state index contributed by atoms with van der Waals surface area (Å²) in [6, 6.07) is 13.1. The summed E-state index contributed by atoms with van der Waals surface area (Å²) in [6.07, 6.45) is 1.40. The monoisotopic (exact) mass is 569 g/mol. The number of nitrogens with zero attached hydrogens (tertiary/aromatic N) is 3. The molecular weight excluding hydrogens is 545 g/mol. The molecule has 0 fully saturated rings. The number of benzene rings is 2. The van der Waals surface area contributed by atoms with Crippen LogP contribution in [0.3, 0.4) is 0 Å². The van der Waals surface area contributed by atoms with Crippen molar-refractivity contribution >= 4 is 47.2 Å². The van der Waals surface area contributed by atoms with Gasteiger partial charge in [0.05, 0.1) is 19.8 Å². The number of ether oxygens (including phenoxy) is 2. The van der Waals surface area contributed by atoms with Crippen LogP contribution in [0.25, 0.3) is 11.4 Å². The van der Waals surface area contributed by atoms with Gasteiger partial charge in [-0.25, -0.2) is 0 Å². The molecule has 0 bridgehead atoms. The van der Waals surface area contributed by atoms with Gasteiger partial charge < -0.3 is 24.6 Å². The average molecular weight is 570 g/mol. The fraction of sp³-hybridized carbons (Fsp3) is 0.318. The molecule has 0 saturated carbocycles. The molecule has 0 radical (unpaired) electrons. The van der Waals surface area contributed by atoms with Crippen molar-refractivity contribution < 1.29 is 14.0 Å². The molecule has 170 valence electrons. The van der Waals surface area contributed by atoms with Crippen LogP contribution in [0.1, 0.15) is 19.2 Å². The summed E-state index contributed by atoms with van der Waals surface area (Å²) < 4.78 is 16.8. The average Bonchev–Trinajstić information content (AvgIpc) is 3.11. The lowest BCUT2D eigenvalue weighted by Gasteiger charge is -2.13. The van der Waals surface area contributed by atoms with E-state index < -0.39 is 0 Å². The van der Waals surface area contributed by atoms with E-state index >= 15 is 0 Å². The smallest absolute Gasteiger partial charge is 0.228 e. The minimum atomic E-state index is 0. The molecule has 10 heteroatoms. The zero-order chi connectivity index (χ0) is 21.5. The number of rotatable bonds is 6. The van der Waals surface area contributed by atoms with E-state index in [9.17, 15) is 0 Å². The second kappa shape index (κ2) is 11.9. The molecule has 2 N–H and O–H groups in total. The van der Waals surface area contributed by atoms with Crippen molar-refractivity contribution in [3.05, 3.63) is 53.4 Å². The molecule has 1 aromatic heterocycles. The highest BCUT2D eigenvalue weighted by molar-refractivity contribution is 14.0. The second-order valence-electron chi connectivity index (χ2n) is 6.87. The second-order valence-corrected chi connectivity index (χ2v) is 7.30. The summed E-state index contributed by atoms with van der Waals surface area (Å²) in [6.45, 7) is 4.55. The minimum absolute atomic E-state index is 0. The Hall–Kier alpha value is -2.53. The summed E-state index contributed by atoms with van der Waals surface area (Å²) in [5.41, 5.74) is 1.72. The number of fused-ring (bicyclic) bond motifs is 1. The van der Waals surface area contributed by atoms with Crippen molar-refractivity contribution in [2.24, 2.45) is 4.99 Å². The van der Waals surface area contributed by atoms with E-state index in [-0.39, 0.29) is 24.0 Å². The van der Waals surface area contributed by atoms with Crippen molar-refractivity contribution in [3.8, 4) is 22.9 Å². The number of aliphatic imine (C=N–C) groups is 1. The van der Waals surface area contributed by atoms with Gasteiger partial charge in [0.2, 0.25) is 11.7 Å². The summed E-state index contributed by atoms with van der Waals surface area (Å²) >= 11 is 5.92. The van der Waals surface area contributed by atoms with Gasteiger partial charge in [-0.15, -0.1) is 24.0 Å².